The van der Waals surface area contributed by atoms with Crippen LogP contribution in [0.2, 0.25) is 0 Å². The summed E-state index contributed by atoms with van der Waals surface area (Å²) in [6, 6.07) is 0. The van der Waals surface area contributed by atoms with Gasteiger partial charge in [-0.05, 0) is 70.6 Å². The zero-order valence-electron chi connectivity index (χ0n) is 15.1. The first-order valence-electron chi connectivity index (χ1n) is 9.25. The Balaban J connectivity index is 1.56. The molecule has 0 saturated heterocycles. The molecule has 0 aromatic carbocycles. The zero-order chi connectivity index (χ0) is 17.6. The summed E-state index contributed by atoms with van der Waals surface area (Å²) in [4.78, 5) is 23.8. The minimum Gasteiger partial charge on any atom is -0.481 e. The maximum absolute atomic E-state index is 12.0. The van der Waals surface area contributed by atoms with Crippen molar-refractivity contribution in [3.05, 3.63) is 0 Å². The van der Waals surface area contributed by atoms with Crippen molar-refractivity contribution in [2.45, 2.75) is 71.3 Å². The van der Waals surface area contributed by atoms with Crippen molar-refractivity contribution in [1.29, 1.82) is 0 Å². The second-order valence-electron chi connectivity index (χ2n) is 8.95. The van der Waals surface area contributed by atoms with Gasteiger partial charge >= 0.3 is 11.9 Å². The second kappa shape index (κ2) is 6.01. The van der Waals surface area contributed by atoms with E-state index in [2.05, 4.69) is 0 Å². The van der Waals surface area contributed by atoms with Crippen LogP contribution in [0.1, 0.15) is 65.7 Å². The van der Waals surface area contributed by atoms with Gasteiger partial charge in [-0.25, -0.2) is 0 Å². The first-order valence-corrected chi connectivity index (χ1v) is 9.25. The standard InChI is InChI=1S/C19H30O5/c1-4-17(2,3)16(22)23-5-6-24-19-10-13-7-14(11-19)9-18(8-13,12-19)15(20)21/h13-14H,4-12H2,1-3H3,(H,20,21). The lowest BCUT2D eigenvalue weighted by atomic mass is 9.48. The first-order chi connectivity index (χ1) is 11.2. The summed E-state index contributed by atoms with van der Waals surface area (Å²) in [5, 5.41) is 9.73. The predicted octanol–water partition coefficient (Wildman–Crippen LogP) is 3.41. The molecule has 0 aromatic heterocycles. The highest BCUT2D eigenvalue weighted by molar-refractivity contribution is 5.76. The van der Waals surface area contributed by atoms with E-state index in [4.69, 9.17) is 9.47 Å². The normalized spacial score (nSPS) is 37.5. The summed E-state index contributed by atoms with van der Waals surface area (Å²) < 4.78 is 11.5. The smallest absolute Gasteiger partial charge is 0.311 e. The Morgan fingerprint density at radius 2 is 1.75 bits per heavy atom. The van der Waals surface area contributed by atoms with E-state index in [0.29, 0.717) is 24.9 Å². The third-order valence-electron chi connectivity index (χ3n) is 6.62. The molecule has 4 saturated carbocycles. The molecule has 5 nitrogen and oxygen atoms in total. The van der Waals surface area contributed by atoms with Gasteiger partial charge in [0, 0.05) is 0 Å². The summed E-state index contributed by atoms with van der Waals surface area (Å²) in [7, 11) is 0. The molecule has 136 valence electrons. The maximum Gasteiger partial charge on any atom is 0.311 e. The van der Waals surface area contributed by atoms with Crippen LogP contribution in [-0.2, 0) is 19.1 Å². The van der Waals surface area contributed by atoms with Gasteiger partial charge in [-0.15, -0.1) is 0 Å². The number of hydrogen-bond acceptors (Lipinski definition) is 4. The lowest BCUT2D eigenvalue weighted by molar-refractivity contribution is -0.210. The number of carbonyl (C=O) groups excluding carboxylic acids is 1. The number of esters is 1. The minimum absolute atomic E-state index is 0.193. The number of hydrogen-bond donors (Lipinski definition) is 1. The maximum atomic E-state index is 12.0. The van der Waals surface area contributed by atoms with Crippen molar-refractivity contribution in [3.63, 3.8) is 0 Å². The molecule has 1 N–H and O–H groups in total. The third-order valence-corrected chi connectivity index (χ3v) is 6.62. The van der Waals surface area contributed by atoms with E-state index in [1.165, 1.54) is 0 Å². The molecule has 2 atom stereocenters. The van der Waals surface area contributed by atoms with Gasteiger partial charge in [0.2, 0.25) is 0 Å². The van der Waals surface area contributed by atoms with Gasteiger partial charge < -0.3 is 14.6 Å². The minimum atomic E-state index is -0.652. The van der Waals surface area contributed by atoms with Gasteiger partial charge in [0.05, 0.1) is 23.0 Å². The summed E-state index contributed by atoms with van der Waals surface area (Å²) in [6.07, 6.45) is 6.06. The molecule has 0 aromatic rings. The van der Waals surface area contributed by atoms with Crippen LogP contribution >= 0.6 is 0 Å². The number of aliphatic carboxylic acids is 1. The van der Waals surface area contributed by atoms with E-state index in [0.717, 1.165) is 38.5 Å². The van der Waals surface area contributed by atoms with Crippen LogP contribution in [0, 0.1) is 22.7 Å². The van der Waals surface area contributed by atoms with Gasteiger partial charge in [-0.2, -0.15) is 0 Å². The summed E-state index contributed by atoms with van der Waals surface area (Å²) in [6.45, 7) is 6.34. The van der Waals surface area contributed by atoms with Crippen molar-refractivity contribution in [2.75, 3.05) is 13.2 Å². The first kappa shape index (κ1) is 17.7. The average Bonchev–Trinajstić information content (AvgIpc) is 2.50. The third kappa shape index (κ3) is 3.07. The quantitative estimate of drug-likeness (QED) is 0.569. The molecule has 0 radical (unpaired) electrons. The van der Waals surface area contributed by atoms with Crippen LogP contribution in [0.5, 0.6) is 0 Å². The highest BCUT2D eigenvalue weighted by atomic mass is 16.6. The molecule has 0 spiro atoms. The van der Waals surface area contributed by atoms with Gasteiger partial charge in [0.25, 0.3) is 0 Å². The van der Waals surface area contributed by atoms with Crippen molar-refractivity contribution >= 4 is 11.9 Å². The van der Waals surface area contributed by atoms with Crippen LogP contribution in [0.25, 0.3) is 0 Å². The highest BCUT2D eigenvalue weighted by Gasteiger charge is 2.61. The molecule has 4 rings (SSSR count). The van der Waals surface area contributed by atoms with Crippen molar-refractivity contribution < 1.29 is 24.2 Å². The molecule has 4 aliphatic carbocycles. The van der Waals surface area contributed by atoms with Gasteiger partial charge in [-0.1, -0.05) is 6.92 Å². The molecule has 4 fully saturated rings. The van der Waals surface area contributed by atoms with Crippen LogP contribution in [0.4, 0.5) is 0 Å². The monoisotopic (exact) mass is 338 g/mol. The SMILES string of the molecule is CCC(C)(C)C(=O)OCCOC12CC3CC(C1)CC(C(=O)O)(C3)C2. The molecule has 4 bridgehead atoms. The Bertz CT molecular complexity index is 510. The Hall–Kier alpha value is -1.10. The lowest BCUT2D eigenvalue weighted by Crippen LogP contribution is -2.59. The molecule has 2 unspecified atom stereocenters. The van der Waals surface area contributed by atoms with Crippen LogP contribution in [0.15, 0.2) is 0 Å². The Labute approximate surface area is 144 Å². The predicted molar refractivity (Wildman–Crippen MR) is 88.5 cm³/mol. The second-order valence-corrected chi connectivity index (χ2v) is 8.95. The van der Waals surface area contributed by atoms with Crippen LogP contribution in [-0.4, -0.2) is 35.9 Å². The number of carboxylic acids is 1. The fourth-order valence-electron chi connectivity index (χ4n) is 5.33. The van der Waals surface area contributed by atoms with E-state index in [-0.39, 0.29) is 18.2 Å². The molecule has 0 aliphatic heterocycles. The molecular weight excluding hydrogens is 308 g/mol. The van der Waals surface area contributed by atoms with Crippen LogP contribution in [0.3, 0.4) is 0 Å². The number of carbonyl (C=O) groups is 2. The van der Waals surface area contributed by atoms with Crippen molar-refractivity contribution in [2.24, 2.45) is 22.7 Å². The summed E-state index contributed by atoms with van der Waals surface area (Å²) >= 11 is 0. The number of ether oxygens (including phenoxy) is 2. The largest absolute Gasteiger partial charge is 0.481 e. The number of rotatable bonds is 7. The van der Waals surface area contributed by atoms with Gasteiger partial charge in [0.1, 0.15) is 6.61 Å². The van der Waals surface area contributed by atoms with E-state index < -0.39 is 16.8 Å². The summed E-state index contributed by atoms with van der Waals surface area (Å²) in [5.74, 6) is 0.106. The molecular formula is C19H30O5. The Kier molecular flexibility index (Phi) is 4.44. The van der Waals surface area contributed by atoms with E-state index in [9.17, 15) is 14.7 Å². The van der Waals surface area contributed by atoms with Gasteiger partial charge in [0.15, 0.2) is 0 Å². The molecule has 24 heavy (non-hydrogen) atoms. The van der Waals surface area contributed by atoms with E-state index >= 15 is 0 Å². The topological polar surface area (TPSA) is 72.8 Å². The number of carboxylic acid groups (broad SMARTS) is 1. The van der Waals surface area contributed by atoms with E-state index in [1.807, 2.05) is 20.8 Å². The van der Waals surface area contributed by atoms with Crippen molar-refractivity contribution in [1.82, 2.24) is 0 Å². The zero-order valence-corrected chi connectivity index (χ0v) is 15.1. The Morgan fingerprint density at radius 3 is 2.29 bits per heavy atom. The average molecular weight is 338 g/mol. The van der Waals surface area contributed by atoms with Gasteiger partial charge in [-0.3, -0.25) is 9.59 Å². The Morgan fingerprint density at radius 1 is 1.12 bits per heavy atom. The summed E-state index contributed by atoms with van der Waals surface area (Å²) in [5.41, 5.74) is -1.35. The highest BCUT2D eigenvalue weighted by Crippen LogP contribution is 2.62. The lowest BCUT2D eigenvalue weighted by Gasteiger charge is -2.60. The molecule has 0 amide bonds. The van der Waals surface area contributed by atoms with Crippen LogP contribution < -0.4 is 0 Å². The molecule has 5 heteroatoms. The molecule has 0 heterocycles. The fraction of sp³-hybridized carbons (Fsp3) is 0.895. The molecule has 4 aliphatic rings. The van der Waals surface area contributed by atoms with Crippen molar-refractivity contribution in [3.8, 4) is 0 Å². The fourth-order valence-corrected chi connectivity index (χ4v) is 5.33. The van der Waals surface area contributed by atoms with E-state index in [1.54, 1.807) is 0 Å².